The molecule has 1 aliphatic rings. The molecule has 0 amide bonds. The van der Waals surface area contributed by atoms with Crippen molar-refractivity contribution in [3.8, 4) is 0 Å². The van der Waals surface area contributed by atoms with Gasteiger partial charge in [-0.2, -0.15) is 0 Å². The molecular formula is C18H28F2N4OS. The molecule has 0 bridgehead atoms. The first-order valence-corrected chi connectivity index (χ1v) is 10.1. The van der Waals surface area contributed by atoms with Gasteiger partial charge in [0, 0.05) is 67.1 Å². The Balaban J connectivity index is 1.87. The Morgan fingerprint density at radius 2 is 1.88 bits per heavy atom. The molecule has 0 radical (unpaired) electrons. The molecule has 8 heteroatoms. The predicted octanol–water partition coefficient (Wildman–Crippen LogP) is 2.21. The zero-order valence-corrected chi connectivity index (χ0v) is 16.7. The number of hydrogen-bond donors (Lipinski definition) is 1. The van der Waals surface area contributed by atoms with Crippen LogP contribution in [0.1, 0.15) is 20.8 Å². The third-order valence-electron chi connectivity index (χ3n) is 4.29. The first kappa shape index (κ1) is 20.6. The summed E-state index contributed by atoms with van der Waals surface area (Å²) in [5, 5.41) is 3.25. The van der Waals surface area contributed by atoms with Crippen LogP contribution in [0.2, 0.25) is 0 Å². The molecule has 1 atom stereocenters. The highest BCUT2D eigenvalue weighted by molar-refractivity contribution is 7.86. The van der Waals surface area contributed by atoms with Crippen molar-refractivity contribution in [2.24, 2.45) is 4.99 Å². The smallest absolute Gasteiger partial charge is 0.193 e. The molecule has 5 nitrogen and oxygen atoms in total. The highest BCUT2D eigenvalue weighted by Crippen LogP contribution is 2.21. The predicted molar refractivity (Wildman–Crippen MR) is 104 cm³/mol. The first-order chi connectivity index (χ1) is 12.2. The second kappa shape index (κ2) is 8.79. The van der Waals surface area contributed by atoms with E-state index >= 15 is 0 Å². The number of benzene rings is 1. The fourth-order valence-corrected chi connectivity index (χ4v) is 3.68. The minimum Gasteiger partial charge on any atom is -0.366 e. The fourth-order valence-electron chi connectivity index (χ4n) is 2.78. The summed E-state index contributed by atoms with van der Waals surface area (Å²) in [7, 11) is 0.792. The molecule has 1 N–H and O–H groups in total. The quantitative estimate of drug-likeness (QED) is 0.637. The van der Waals surface area contributed by atoms with Gasteiger partial charge in [0.15, 0.2) is 5.96 Å². The second-order valence-electron chi connectivity index (χ2n) is 7.21. The van der Waals surface area contributed by atoms with Gasteiger partial charge in [0.1, 0.15) is 11.6 Å². The highest BCUT2D eigenvalue weighted by Gasteiger charge is 2.23. The normalized spacial score (nSPS) is 17.4. The zero-order chi connectivity index (χ0) is 19.3. The number of anilines is 1. The maximum atomic E-state index is 13.9. The third kappa shape index (κ3) is 5.40. The minimum atomic E-state index is -0.918. The van der Waals surface area contributed by atoms with Gasteiger partial charge in [-0.15, -0.1) is 0 Å². The molecular weight excluding hydrogens is 358 g/mol. The van der Waals surface area contributed by atoms with E-state index in [1.54, 1.807) is 7.05 Å². The Kier molecular flexibility index (Phi) is 6.97. The van der Waals surface area contributed by atoms with Crippen molar-refractivity contribution in [1.29, 1.82) is 0 Å². The Bertz CT molecular complexity index is 668. The van der Waals surface area contributed by atoms with Crippen molar-refractivity contribution in [2.75, 3.05) is 50.4 Å². The van der Waals surface area contributed by atoms with E-state index in [4.69, 9.17) is 0 Å². The standard InChI is InChI=1S/C18H28F2N4OS/c1-18(2,3)26(25)12-7-22-17(21-4)24-10-8-23(9-11-24)16-13-14(19)5-6-15(16)20/h5-6,13H,7-12H2,1-4H3,(H,21,22). The van der Waals surface area contributed by atoms with E-state index in [-0.39, 0.29) is 4.75 Å². The van der Waals surface area contributed by atoms with Gasteiger partial charge in [0.2, 0.25) is 0 Å². The SMILES string of the molecule is CN=C(NCCS(=O)C(C)(C)C)N1CCN(c2cc(F)ccc2F)CC1. The van der Waals surface area contributed by atoms with E-state index in [0.717, 1.165) is 18.1 Å². The minimum absolute atomic E-state index is 0.230. The van der Waals surface area contributed by atoms with Gasteiger partial charge < -0.3 is 15.1 Å². The second-order valence-corrected chi connectivity index (χ2v) is 9.53. The lowest BCUT2D eigenvalue weighted by Gasteiger charge is -2.37. The number of piperazine rings is 1. The van der Waals surface area contributed by atoms with Gasteiger partial charge in [0.25, 0.3) is 0 Å². The van der Waals surface area contributed by atoms with Crippen molar-refractivity contribution in [2.45, 2.75) is 25.5 Å². The number of nitrogens with one attached hydrogen (secondary N) is 1. The Morgan fingerprint density at radius 3 is 2.46 bits per heavy atom. The van der Waals surface area contributed by atoms with E-state index in [1.165, 1.54) is 6.07 Å². The number of guanidine groups is 1. The molecule has 1 heterocycles. The molecule has 0 aliphatic carbocycles. The Morgan fingerprint density at radius 1 is 1.23 bits per heavy atom. The maximum Gasteiger partial charge on any atom is 0.193 e. The lowest BCUT2D eigenvalue weighted by atomic mass is 10.2. The topological polar surface area (TPSA) is 47.9 Å². The summed E-state index contributed by atoms with van der Waals surface area (Å²) in [5.41, 5.74) is 0.299. The number of nitrogens with zero attached hydrogens (tertiary/aromatic N) is 3. The summed E-state index contributed by atoms with van der Waals surface area (Å²) < 4.78 is 39.2. The van der Waals surface area contributed by atoms with Crippen LogP contribution in [-0.2, 0) is 10.8 Å². The van der Waals surface area contributed by atoms with Gasteiger partial charge in [0.05, 0.1) is 5.69 Å². The number of hydrogen-bond acceptors (Lipinski definition) is 3. The van der Waals surface area contributed by atoms with E-state index in [9.17, 15) is 13.0 Å². The summed E-state index contributed by atoms with van der Waals surface area (Å²) >= 11 is 0. The number of aliphatic imine (C=N–C) groups is 1. The van der Waals surface area contributed by atoms with Crippen molar-refractivity contribution < 1.29 is 13.0 Å². The molecule has 0 aromatic heterocycles. The molecule has 1 aliphatic heterocycles. The lowest BCUT2D eigenvalue weighted by Crippen LogP contribution is -2.53. The monoisotopic (exact) mass is 386 g/mol. The molecule has 0 spiro atoms. The van der Waals surface area contributed by atoms with E-state index < -0.39 is 22.4 Å². The molecule has 26 heavy (non-hydrogen) atoms. The van der Waals surface area contributed by atoms with Crippen molar-refractivity contribution in [3.63, 3.8) is 0 Å². The molecule has 0 saturated carbocycles. The molecule has 146 valence electrons. The molecule has 1 unspecified atom stereocenters. The summed E-state index contributed by atoms with van der Waals surface area (Å²) in [5.74, 6) is 0.451. The number of halogens is 2. The van der Waals surface area contributed by atoms with Crippen LogP contribution in [0.3, 0.4) is 0 Å². The van der Waals surface area contributed by atoms with Crippen LogP contribution >= 0.6 is 0 Å². The molecule has 2 rings (SSSR count). The maximum absolute atomic E-state index is 13.9. The van der Waals surface area contributed by atoms with Crippen LogP contribution in [0.4, 0.5) is 14.5 Å². The fraction of sp³-hybridized carbons (Fsp3) is 0.611. The van der Waals surface area contributed by atoms with Gasteiger partial charge in [-0.3, -0.25) is 9.20 Å². The van der Waals surface area contributed by atoms with Crippen LogP contribution in [0.15, 0.2) is 23.2 Å². The van der Waals surface area contributed by atoms with Gasteiger partial charge in [-0.05, 0) is 32.9 Å². The highest BCUT2D eigenvalue weighted by atomic mass is 32.2. The van der Waals surface area contributed by atoms with Crippen LogP contribution in [0.25, 0.3) is 0 Å². The van der Waals surface area contributed by atoms with Crippen LogP contribution in [-0.4, -0.2) is 65.3 Å². The van der Waals surface area contributed by atoms with Gasteiger partial charge >= 0.3 is 0 Å². The summed E-state index contributed by atoms with van der Waals surface area (Å²) in [6.45, 7) is 8.92. The molecule has 1 aromatic rings. The molecule has 1 fully saturated rings. The zero-order valence-electron chi connectivity index (χ0n) is 15.9. The summed E-state index contributed by atoms with van der Waals surface area (Å²) in [4.78, 5) is 8.20. The van der Waals surface area contributed by atoms with Crippen molar-refractivity contribution >= 4 is 22.4 Å². The number of rotatable bonds is 4. The van der Waals surface area contributed by atoms with Gasteiger partial charge in [-0.1, -0.05) is 0 Å². The molecule has 1 aromatic carbocycles. The lowest BCUT2D eigenvalue weighted by molar-refractivity contribution is 0.371. The van der Waals surface area contributed by atoms with E-state index in [1.807, 2.05) is 25.7 Å². The first-order valence-electron chi connectivity index (χ1n) is 8.76. The Hall–Kier alpha value is -1.70. The van der Waals surface area contributed by atoms with Crippen molar-refractivity contribution in [1.82, 2.24) is 10.2 Å². The largest absolute Gasteiger partial charge is 0.366 e. The van der Waals surface area contributed by atoms with Crippen LogP contribution in [0.5, 0.6) is 0 Å². The van der Waals surface area contributed by atoms with Gasteiger partial charge in [-0.25, -0.2) is 8.78 Å². The van der Waals surface area contributed by atoms with Crippen LogP contribution < -0.4 is 10.2 Å². The average molecular weight is 387 g/mol. The van der Waals surface area contributed by atoms with E-state index in [0.29, 0.717) is 44.2 Å². The van der Waals surface area contributed by atoms with Crippen molar-refractivity contribution in [3.05, 3.63) is 29.8 Å². The molecule has 1 saturated heterocycles. The van der Waals surface area contributed by atoms with E-state index in [2.05, 4.69) is 15.2 Å². The van der Waals surface area contributed by atoms with Crippen LogP contribution in [0, 0.1) is 11.6 Å². The average Bonchev–Trinajstić information content (AvgIpc) is 2.60. The summed E-state index contributed by atoms with van der Waals surface area (Å²) in [6, 6.07) is 3.52. The summed E-state index contributed by atoms with van der Waals surface area (Å²) in [6.07, 6.45) is 0. The third-order valence-corrected chi connectivity index (χ3v) is 6.23. The Labute approximate surface area is 156 Å².